The third-order valence-corrected chi connectivity index (χ3v) is 5.99. The number of nitrogens with one attached hydrogen (secondary N) is 2. The molecule has 2 amide bonds. The molecule has 0 saturated heterocycles. The number of H-pyrrole nitrogens is 1. The van der Waals surface area contributed by atoms with Crippen molar-refractivity contribution in [2.45, 2.75) is 25.8 Å². The molecule has 1 aliphatic carbocycles. The van der Waals surface area contributed by atoms with E-state index in [0.717, 1.165) is 28.8 Å². The Morgan fingerprint density at radius 1 is 1.39 bits per heavy atom. The Labute approximate surface area is 165 Å². The van der Waals surface area contributed by atoms with Crippen LogP contribution in [0.15, 0.2) is 24.3 Å². The fourth-order valence-corrected chi connectivity index (χ4v) is 4.47. The van der Waals surface area contributed by atoms with Gasteiger partial charge in [-0.3, -0.25) is 14.7 Å². The molecule has 0 fully saturated rings. The molecule has 2 heterocycles. The number of rotatable bonds is 5. The first-order valence-electron chi connectivity index (χ1n) is 8.94. The van der Waals surface area contributed by atoms with Gasteiger partial charge in [0.25, 0.3) is 5.91 Å². The maximum atomic E-state index is 12.7. The van der Waals surface area contributed by atoms with Crippen LogP contribution in [0.25, 0.3) is 27.6 Å². The lowest BCUT2D eigenvalue weighted by Gasteiger charge is -2.13. The van der Waals surface area contributed by atoms with E-state index >= 15 is 0 Å². The van der Waals surface area contributed by atoms with Crippen LogP contribution < -0.4 is 15.8 Å². The zero-order valence-electron chi connectivity index (χ0n) is 15.5. The maximum absolute atomic E-state index is 12.7. The number of nitrogens with zero attached hydrogens (tertiary/aromatic N) is 1. The number of hydrogen-bond donors (Lipinski definition) is 3. The number of carbonyl (C=O) groups is 2. The Morgan fingerprint density at radius 3 is 2.93 bits per heavy atom. The number of primary amides is 1. The number of aromatic amines is 1. The Kier molecular flexibility index (Phi) is 4.64. The lowest BCUT2D eigenvalue weighted by Crippen LogP contribution is -2.42. The van der Waals surface area contributed by atoms with Gasteiger partial charge >= 0.3 is 0 Å². The molecule has 4 rings (SSSR count). The molecule has 0 bridgehead atoms. The van der Waals surface area contributed by atoms with Gasteiger partial charge < -0.3 is 15.8 Å². The normalized spacial score (nSPS) is 13.9. The fraction of sp³-hybridized carbons (Fsp3) is 0.250. The van der Waals surface area contributed by atoms with E-state index in [1.54, 1.807) is 23.5 Å². The van der Waals surface area contributed by atoms with Crippen molar-refractivity contribution in [2.24, 2.45) is 5.73 Å². The van der Waals surface area contributed by atoms with Gasteiger partial charge in [0.05, 0.1) is 34.1 Å². The number of aromatic nitrogens is 2. The molecule has 2 aromatic heterocycles. The van der Waals surface area contributed by atoms with Gasteiger partial charge in [0.15, 0.2) is 0 Å². The van der Waals surface area contributed by atoms with Crippen molar-refractivity contribution in [1.82, 2.24) is 15.5 Å². The van der Waals surface area contributed by atoms with Gasteiger partial charge in [-0.2, -0.15) is 5.10 Å². The summed E-state index contributed by atoms with van der Waals surface area (Å²) in [7, 11) is 1.52. The van der Waals surface area contributed by atoms with Gasteiger partial charge in [-0.25, -0.2) is 0 Å². The molecule has 0 saturated carbocycles. The third kappa shape index (κ3) is 3.05. The van der Waals surface area contributed by atoms with Crippen LogP contribution in [0.3, 0.4) is 0 Å². The van der Waals surface area contributed by atoms with Gasteiger partial charge in [-0.1, -0.05) is 6.08 Å². The number of ether oxygens (including phenoxy) is 1. The summed E-state index contributed by atoms with van der Waals surface area (Å²) in [6, 6.07) is 4.77. The van der Waals surface area contributed by atoms with Crippen LogP contribution in [0.1, 0.15) is 34.1 Å². The number of amides is 2. The van der Waals surface area contributed by atoms with Crippen LogP contribution in [0.5, 0.6) is 5.75 Å². The summed E-state index contributed by atoms with van der Waals surface area (Å²) in [6.45, 7) is 1.54. The van der Waals surface area contributed by atoms with Gasteiger partial charge in [0.1, 0.15) is 11.8 Å². The number of fused-ring (bicyclic) bond motifs is 2. The lowest BCUT2D eigenvalue weighted by molar-refractivity contribution is -0.119. The molecule has 0 radical (unpaired) electrons. The van der Waals surface area contributed by atoms with E-state index in [0.29, 0.717) is 16.8 Å². The molecule has 1 aromatic carbocycles. The van der Waals surface area contributed by atoms with Crippen molar-refractivity contribution in [3.8, 4) is 16.3 Å². The van der Waals surface area contributed by atoms with Crippen LogP contribution in [-0.4, -0.2) is 35.2 Å². The second kappa shape index (κ2) is 7.12. The summed E-state index contributed by atoms with van der Waals surface area (Å²) in [5.74, 6) is -0.613. The lowest BCUT2D eigenvalue weighted by atomic mass is 10.0. The second-order valence-corrected chi connectivity index (χ2v) is 7.76. The molecule has 7 nitrogen and oxygen atoms in total. The molecule has 0 spiro atoms. The van der Waals surface area contributed by atoms with Crippen LogP contribution >= 0.6 is 11.3 Å². The summed E-state index contributed by atoms with van der Waals surface area (Å²) in [5, 5.41) is 10.8. The van der Waals surface area contributed by atoms with E-state index in [1.165, 1.54) is 24.5 Å². The Hall–Kier alpha value is -3.13. The number of nitrogens with two attached hydrogens (primary N) is 1. The number of allylic oxidation sites excluding steroid dienone is 1. The van der Waals surface area contributed by atoms with Crippen molar-refractivity contribution >= 4 is 40.1 Å². The molecule has 8 heteroatoms. The molecule has 0 aliphatic heterocycles. The molecule has 1 aliphatic rings. The number of benzene rings is 1. The number of hydrogen-bond acceptors (Lipinski definition) is 5. The van der Waals surface area contributed by atoms with Gasteiger partial charge in [-0.15, -0.1) is 11.3 Å². The summed E-state index contributed by atoms with van der Waals surface area (Å²) >= 11 is 1.68. The number of aryl methyl sites for hydroxylation is 1. The summed E-state index contributed by atoms with van der Waals surface area (Å²) < 4.78 is 5.60. The minimum atomic E-state index is -0.785. The molecular weight excluding hydrogens is 376 g/mol. The monoisotopic (exact) mass is 396 g/mol. The zero-order chi connectivity index (χ0) is 19.8. The average molecular weight is 396 g/mol. The highest BCUT2D eigenvalue weighted by molar-refractivity contribution is 7.16. The van der Waals surface area contributed by atoms with Crippen LogP contribution in [-0.2, 0) is 11.2 Å². The molecular formula is C20H20N4O3S. The summed E-state index contributed by atoms with van der Waals surface area (Å²) in [4.78, 5) is 26.2. The predicted molar refractivity (Wildman–Crippen MR) is 109 cm³/mol. The minimum Gasteiger partial charge on any atom is -0.495 e. The average Bonchev–Trinajstić information content (AvgIpc) is 3.30. The molecule has 144 valence electrons. The maximum Gasteiger partial charge on any atom is 0.255 e. The first-order valence-corrected chi connectivity index (χ1v) is 9.76. The standard InChI is InChI=1S/C20H20N4O3S/c1-10(19(21)25)22-20(26)12-7-8-13-16(18(12)27-2)17(24-23-13)15-9-11-5-3-4-6-14(11)28-15/h4,6-10H,3,5H2,1-2H3,(H2,21,25)(H,22,26)(H,23,24)/t10-/m0/s1. The van der Waals surface area contributed by atoms with Crippen LogP contribution in [0, 0.1) is 0 Å². The minimum absolute atomic E-state index is 0.326. The highest BCUT2D eigenvalue weighted by Crippen LogP contribution is 2.41. The smallest absolute Gasteiger partial charge is 0.255 e. The highest BCUT2D eigenvalue weighted by Gasteiger charge is 2.23. The van der Waals surface area contributed by atoms with E-state index in [4.69, 9.17) is 10.5 Å². The van der Waals surface area contributed by atoms with Gasteiger partial charge in [-0.05, 0) is 49.6 Å². The van der Waals surface area contributed by atoms with E-state index in [1.807, 2.05) is 0 Å². The number of methoxy groups -OCH3 is 1. The topological polar surface area (TPSA) is 110 Å². The predicted octanol–water partition coefficient (Wildman–Crippen LogP) is 2.86. The van der Waals surface area contributed by atoms with Crippen molar-refractivity contribution in [3.63, 3.8) is 0 Å². The Bertz CT molecular complexity index is 1110. The molecule has 4 N–H and O–H groups in total. The number of thiophene rings is 1. The van der Waals surface area contributed by atoms with Crippen molar-refractivity contribution in [2.75, 3.05) is 7.11 Å². The third-order valence-electron chi connectivity index (χ3n) is 4.83. The highest BCUT2D eigenvalue weighted by atomic mass is 32.1. The largest absolute Gasteiger partial charge is 0.495 e. The quantitative estimate of drug-likeness (QED) is 0.616. The van der Waals surface area contributed by atoms with Gasteiger partial charge in [0, 0.05) is 4.88 Å². The SMILES string of the molecule is COc1c(C(=O)N[C@@H](C)C(N)=O)ccc2n[nH]c(-c3cc4c(s3)C=CCC4)c12. The van der Waals surface area contributed by atoms with E-state index < -0.39 is 17.9 Å². The molecule has 1 atom stereocenters. The fourth-order valence-electron chi connectivity index (χ4n) is 3.33. The van der Waals surface area contributed by atoms with Crippen molar-refractivity contribution in [1.29, 1.82) is 0 Å². The van der Waals surface area contributed by atoms with Crippen LogP contribution in [0.4, 0.5) is 0 Å². The van der Waals surface area contributed by atoms with E-state index in [-0.39, 0.29) is 0 Å². The van der Waals surface area contributed by atoms with E-state index in [2.05, 4.69) is 33.7 Å². The first kappa shape index (κ1) is 18.2. The molecule has 0 unspecified atom stereocenters. The number of carbonyl (C=O) groups excluding carboxylic acids is 2. The Morgan fingerprint density at radius 2 is 2.21 bits per heavy atom. The Balaban J connectivity index is 1.81. The van der Waals surface area contributed by atoms with E-state index in [9.17, 15) is 9.59 Å². The molecule has 3 aromatic rings. The van der Waals surface area contributed by atoms with Crippen LogP contribution in [0.2, 0.25) is 0 Å². The second-order valence-electron chi connectivity index (χ2n) is 6.68. The zero-order valence-corrected chi connectivity index (χ0v) is 16.4. The van der Waals surface area contributed by atoms with Crippen molar-refractivity contribution < 1.29 is 14.3 Å². The summed E-state index contributed by atoms with van der Waals surface area (Å²) in [6.07, 6.45) is 6.38. The van der Waals surface area contributed by atoms with Gasteiger partial charge in [0.2, 0.25) is 5.91 Å². The molecule has 28 heavy (non-hydrogen) atoms. The van der Waals surface area contributed by atoms with Crippen molar-refractivity contribution in [3.05, 3.63) is 40.3 Å². The summed E-state index contributed by atoms with van der Waals surface area (Å²) in [5.41, 5.74) is 8.41. The first-order chi connectivity index (χ1) is 13.5.